The molecule has 2 unspecified atom stereocenters. The summed E-state index contributed by atoms with van der Waals surface area (Å²) in [7, 11) is 0. The fraction of sp³-hybridized carbons (Fsp3) is 0.556. The second-order valence-corrected chi connectivity index (χ2v) is 10.5. The van der Waals surface area contributed by atoms with Crippen LogP contribution >= 0.6 is 0 Å². The fourth-order valence-corrected chi connectivity index (χ4v) is 5.86. The monoisotopic (exact) mass is 552 g/mol. The van der Waals surface area contributed by atoms with Gasteiger partial charge in [0.25, 0.3) is 0 Å². The van der Waals surface area contributed by atoms with Gasteiger partial charge < -0.3 is 29.7 Å². The number of hydrogen-bond acceptors (Lipinski definition) is 6. The maximum atomic E-state index is 15.0. The van der Waals surface area contributed by atoms with E-state index in [1.807, 2.05) is 11.0 Å². The number of pyridine rings is 1. The van der Waals surface area contributed by atoms with E-state index >= 15 is 0 Å². The number of nitrogens with zero attached hydrogens (tertiary/aromatic N) is 3. The molecule has 0 radical (unpaired) electrons. The van der Waals surface area contributed by atoms with E-state index in [0.717, 1.165) is 0 Å². The van der Waals surface area contributed by atoms with E-state index in [0.29, 0.717) is 61.1 Å². The summed E-state index contributed by atoms with van der Waals surface area (Å²) < 4.78 is 66.2. The molecule has 0 bridgehead atoms. The van der Waals surface area contributed by atoms with Crippen LogP contribution in [-0.2, 0) is 4.74 Å². The quantitative estimate of drug-likeness (QED) is 0.510. The molecule has 2 aromatic rings. The van der Waals surface area contributed by atoms with Gasteiger partial charge in [0.2, 0.25) is 5.88 Å². The Balaban J connectivity index is 1.39. The first-order valence-corrected chi connectivity index (χ1v) is 13.1. The van der Waals surface area contributed by atoms with E-state index in [2.05, 4.69) is 10.3 Å². The zero-order valence-electron chi connectivity index (χ0n) is 21.7. The molecule has 1 saturated carbocycles. The van der Waals surface area contributed by atoms with E-state index in [-0.39, 0.29) is 44.8 Å². The van der Waals surface area contributed by atoms with Crippen LogP contribution in [0.3, 0.4) is 0 Å². The first-order chi connectivity index (χ1) is 18.6. The SMILES string of the molecule is Cc1cc(F)c(NC(=O)N2CCC3(CCC3C(F)(F)F)C2)cc1-c1cc(OCCO)nc(N2CCOCC2)c1. The van der Waals surface area contributed by atoms with Gasteiger partial charge in [0.05, 0.1) is 31.4 Å². The lowest BCUT2D eigenvalue weighted by Gasteiger charge is -2.47. The molecule has 8 nitrogen and oxygen atoms in total. The van der Waals surface area contributed by atoms with E-state index in [1.54, 1.807) is 13.0 Å². The maximum absolute atomic E-state index is 15.0. The summed E-state index contributed by atoms with van der Waals surface area (Å²) in [4.78, 5) is 20.9. The highest BCUT2D eigenvalue weighted by Crippen LogP contribution is 2.58. The molecule has 2 atom stereocenters. The number of aliphatic hydroxyl groups excluding tert-OH is 1. The number of carbonyl (C=O) groups is 1. The summed E-state index contributed by atoms with van der Waals surface area (Å²) in [5.41, 5.74) is 0.914. The topological polar surface area (TPSA) is 87.2 Å². The number of alkyl halides is 3. The minimum absolute atomic E-state index is 0.00215. The summed E-state index contributed by atoms with van der Waals surface area (Å²) in [5.74, 6) is -1.12. The molecule has 3 aliphatic rings. The molecule has 1 aliphatic carbocycles. The van der Waals surface area contributed by atoms with Crippen LogP contribution in [0.15, 0.2) is 24.3 Å². The molecule has 12 heteroatoms. The first-order valence-electron chi connectivity index (χ1n) is 13.1. The van der Waals surface area contributed by atoms with Gasteiger partial charge in [-0.25, -0.2) is 9.18 Å². The zero-order chi connectivity index (χ0) is 27.8. The van der Waals surface area contributed by atoms with Gasteiger partial charge >= 0.3 is 12.2 Å². The molecular formula is C27H32F4N4O4. The Morgan fingerprint density at radius 3 is 2.64 bits per heavy atom. The number of hydrogen-bond donors (Lipinski definition) is 2. The smallest absolute Gasteiger partial charge is 0.392 e. The number of benzene rings is 1. The number of halogens is 4. The lowest BCUT2D eigenvalue weighted by molar-refractivity contribution is -0.237. The van der Waals surface area contributed by atoms with Gasteiger partial charge in [0, 0.05) is 37.7 Å². The average Bonchev–Trinajstić information content (AvgIpc) is 3.36. The highest BCUT2D eigenvalue weighted by Gasteiger charge is 2.61. The lowest BCUT2D eigenvalue weighted by Crippen LogP contribution is -2.50. The number of aryl methyl sites for hydroxylation is 1. The van der Waals surface area contributed by atoms with Crippen molar-refractivity contribution in [2.75, 3.05) is 62.8 Å². The molecular weight excluding hydrogens is 520 g/mol. The van der Waals surface area contributed by atoms with Crippen molar-refractivity contribution in [3.63, 3.8) is 0 Å². The Hall–Kier alpha value is -3.12. The second kappa shape index (κ2) is 10.8. The van der Waals surface area contributed by atoms with Gasteiger partial charge in [0.15, 0.2) is 0 Å². The van der Waals surface area contributed by atoms with E-state index < -0.39 is 29.4 Å². The number of nitrogens with one attached hydrogen (secondary N) is 1. The number of carbonyl (C=O) groups excluding carboxylic acids is 1. The zero-order valence-corrected chi connectivity index (χ0v) is 21.7. The van der Waals surface area contributed by atoms with Crippen molar-refractivity contribution in [2.45, 2.75) is 32.4 Å². The molecule has 2 N–H and O–H groups in total. The number of aliphatic hydroxyl groups is 1. The molecule has 1 spiro atoms. The minimum atomic E-state index is -4.28. The van der Waals surface area contributed by atoms with Gasteiger partial charge in [-0.1, -0.05) is 0 Å². The largest absolute Gasteiger partial charge is 0.475 e. The standard InChI is InChI=1S/C27H32F4N4O4/c1-17-12-20(28)21(32-25(37)35-5-4-26(16-35)3-2-22(26)27(29,30)31)15-19(17)18-13-23(34-6-9-38-10-7-34)33-24(14-18)39-11-8-36/h12-15,22,36H,2-11,16H2,1H3,(H,32,37). The first kappa shape index (κ1) is 27.4. The number of morpholine rings is 1. The van der Waals surface area contributed by atoms with Crippen molar-refractivity contribution in [3.8, 4) is 17.0 Å². The third kappa shape index (κ3) is 5.62. The third-order valence-electron chi connectivity index (χ3n) is 8.07. The summed E-state index contributed by atoms with van der Waals surface area (Å²) in [6, 6.07) is 5.74. The molecule has 39 heavy (non-hydrogen) atoms. The number of urea groups is 1. The van der Waals surface area contributed by atoms with Gasteiger partial charge in [-0.05, 0) is 61.1 Å². The molecule has 5 rings (SSSR count). The number of aromatic nitrogens is 1. The van der Waals surface area contributed by atoms with E-state index in [4.69, 9.17) is 9.47 Å². The van der Waals surface area contributed by atoms with E-state index in [1.165, 1.54) is 17.0 Å². The fourth-order valence-electron chi connectivity index (χ4n) is 5.86. The molecule has 212 valence electrons. The van der Waals surface area contributed by atoms with Crippen LogP contribution in [0.4, 0.5) is 33.9 Å². The Kier molecular flexibility index (Phi) is 7.60. The molecule has 3 heterocycles. The molecule has 2 aliphatic heterocycles. The minimum Gasteiger partial charge on any atom is -0.475 e. The number of rotatable bonds is 6. The van der Waals surface area contributed by atoms with Crippen LogP contribution in [0.25, 0.3) is 11.1 Å². The summed E-state index contributed by atoms with van der Waals surface area (Å²) in [5, 5.41) is 11.8. The predicted octanol–water partition coefficient (Wildman–Crippen LogP) is 4.60. The van der Waals surface area contributed by atoms with Crippen LogP contribution < -0.4 is 15.0 Å². The van der Waals surface area contributed by atoms with Crippen LogP contribution in [0.1, 0.15) is 24.8 Å². The Labute approximate surface area is 223 Å². The van der Waals surface area contributed by atoms with Crippen molar-refractivity contribution >= 4 is 17.5 Å². The van der Waals surface area contributed by atoms with Gasteiger partial charge in [-0.2, -0.15) is 18.2 Å². The molecule has 1 aromatic carbocycles. The molecule has 3 fully saturated rings. The van der Waals surface area contributed by atoms with Gasteiger partial charge in [-0.3, -0.25) is 0 Å². The van der Waals surface area contributed by atoms with E-state index in [9.17, 15) is 27.5 Å². The second-order valence-electron chi connectivity index (χ2n) is 10.5. The number of ether oxygens (including phenoxy) is 2. The molecule has 1 aromatic heterocycles. The van der Waals surface area contributed by atoms with Crippen LogP contribution in [0.2, 0.25) is 0 Å². The lowest BCUT2D eigenvalue weighted by atomic mass is 9.59. The number of amides is 2. The third-order valence-corrected chi connectivity index (χ3v) is 8.07. The molecule has 2 saturated heterocycles. The normalized spacial score (nSPS) is 23.2. The molecule has 2 amide bonds. The average molecular weight is 553 g/mol. The van der Waals surface area contributed by atoms with Crippen LogP contribution in [0, 0.1) is 24.1 Å². The van der Waals surface area contributed by atoms with Gasteiger partial charge in [0.1, 0.15) is 18.2 Å². The highest BCUT2D eigenvalue weighted by atomic mass is 19.4. The summed E-state index contributed by atoms with van der Waals surface area (Å²) in [6.45, 7) is 4.16. The summed E-state index contributed by atoms with van der Waals surface area (Å²) in [6.07, 6.45) is -3.49. The van der Waals surface area contributed by atoms with Crippen LogP contribution in [0.5, 0.6) is 5.88 Å². The Bertz CT molecular complexity index is 1220. The van der Waals surface area contributed by atoms with Gasteiger partial charge in [-0.15, -0.1) is 0 Å². The predicted molar refractivity (Wildman–Crippen MR) is 136 cm³/mol. The Morgan fingerprint density at radius 1 is 1.21 bits per heavy atom. The van der Waals surface area contributed by atoms with Crippen molar-refractivity contribution in [3.05, 3.63) is 35.6 Å². The van der Waals surface area contributed by atoms with Crippen molar-refractivity contribution in [1.82, 2.24) is 9.88 Å². The number of likely N-dealkylation sites (tertiary alicyclic amines) is 1. The maximum Gasteiger partial charge on any atom is 0.392 e. The van der Waals surface area contributed by atoms with Crippen molar-refractivity contribution < 1.29 is 36.9 Å². The van der Waals surface area contributed by atoms with Crippen molar-refractivity contribution in [2.24, 2.45) is 11.3 Å². The van der Waals surface area contributed by atoms with Crippen molar-refractivity contribution in [1.29, 1.82) is 0 Å². The number of anilines is 2. The summed E-state index contributed by atoms with van der Waals surface area (Å²) >= 11 is 0. The Morgan fingerprint density at radius 2 is 1.97 bits per heavy atom. The van der Waals surface area contributed by atoms with Crippen LogP contribution in [-0.4, -0.2) is 79.8 Å². The highest BCUT2D eigenvalue weighted by molar-refractivity contribution is 5.91.